The zero-order valence-electron chi connectivity index (χ0n) is 12.8. The summed E-state index contributed by atoms with van der Waals surface area (Å²) in [6.07, 6.45) is 8.82. The summed E-state index contributed by atoms with van der Waals surface area (Å²) in [5.74, 6) is 1.00. The van der Waals surface area contributed by atoms with E-state index in [0.29, 0.717) is 0 Å². The van der Waals surface area contributed by atoms with Crippen LogP contribution in [0.2, 0.25) is 0 Å². The van der Waals surface area contributed by atoms with E-state index in [0.717, 1.165) is 36.3 Å². The van der Waals surface area contributed by atoms with Crippen LogP contribution in [-0.2, 0) is 4.79 Å². The summed E-state index contributed by atoms with van der Waals surface area (Å²) in [7, 11) is 0. The number of H-pyrrole nitrogens is 1. The lowest BCUT2D eigenvalue weighted by Crippen LogP contribution is -2.33. The molecule has 1 aliphatic carbocycles. The Morgan fingerprint density at radius 3 is 2.86 bits per heavy atom. The number of nitrogens with zero attached hydrogens (tertiary/aromatic N) is 1. The Balaban J connectivity index is 1.65. The van der Waals surface area contributed by atoms with E-state index in [4.69, 9.17) is 0 Å². The van der Waals surface area contributed by atoms with E-state index >= 15 is 0 Å². The molecule has 3 rings (SSSR count). The van der Waals surface area contributed by atoms with Crippen molar-refractivity contribution in [1.82, 2.24) is 15.3 Å². The molecule has 0 saturated carbocycles. The van der Waals surface area contributed by atoms with Gasteiger partial charge in [-0.2, -0.15) is 0 Å². The molecular formula is C18H21N3O. The fourth-order valence-electron chi connectivity index (χ4n) is 2.75. The number of rotatable bonds is 4. The number of nitrogens with one attached hydrogen (secondary N) is 2. The maximum atomic E-state index is 12.3. The van der Waals surface area contributed by atoms with Crippen molar-refractivity contribution >= 4 is 5.91 Å². The van der Waals surface area contributed by atoms with Gasteiger partial charge in [-0.05, 0) is 31.7 Å². The highest BCUT2D eigenvalue weighted by molar-refractivity contribution is 5.79. The van der Waals surface area contributed by atoms with E-state index in [1.54, 1.807) is 0 Å². The molecule has 114 valence electrons. The highest BCUT2D eigenvalue weighted by atomic mass is 16.1. The number of carbonyl (C=O) groups is 1. The second kappa shape index (κ2) is 6.60. The molecule has 2 aromatic rings. The molecule has 1 aliphatic rings. The minimum Gasteiger partial charge on any atom is -0.346 e. The van der Waals surface area contributed by atoms with Crippen LogP contribution in [0.4, 0.5) is 0 Å². The lowest BCUT2D eigenvalue weighted by atomic mass is 9.93. The number of hydrogen-bond acceptors (Lipinski definition) is 2. The van der Waals surface area contributed by atoms with Gasteiger partial charge in [-0.15, -0.1) is 0 Å². The van der Waals surface area contributed by atoms with E-state index in [9.17, 15) is 4.79 Å². The summed E-state index contributed by atoms with van der Waals surface area (Å²) in [4.78, 5) is 20.0. The van der Waals surface area contributed by atoms with Crippen molar-refractivity contribution in [3.63, 3.8) is 0 Å². The summed E-state index contributed by atoms with van der Waals surface area (Å²) in [5.41, 5.74) is 2.06. The topological polar surface area (TPSA) is 57.8 Å². The first kappa shape index (κ1) is 14.6. The van der Waals surface area contributed by atoms with Gasteiger partial charge in [0.25, 0.3) is 0 Å². The third kappa shape index (κ3) is 3.27. The fraction of sp³-hybridized carbons (Fsp3) is 0.333. The van der Waals surface area contributed by atoms with Crippen molar-refractivity contribution in [2.45, 2.75) is 32.2 Å². The smallest absolute Gasteiger partial charge is 0.224 e. The van der Waals surface area contributed by atoms with Gasteiger partial charge in [-0.25, -0.2) is 4.98 Å². The van der Waals surface area contributed by atoms with Crippen LogP contribution >= 0.6 is 0 Å². The predicted octanol–water partition coefficient (Wildman–Crippen LogP) is 3.61. The molecular weight excluding hydrogens is 274 g/mol. The summed E-state index contributed by atoms with van der Waals surface area (Å²) in [6.45, 7) is 1.96. The van der Waals surface area contributed by atoms with Crippen LogP contribution < -0.4 is 5.32 Å². The molecule has 2 N–H and O–H groups in total. The zero-order chi connectivity index (χ0) is 15.4. The van der Waals surface area contributed by atoms with Gasteiger partial charge < -0.3 is 10.3 Å². The Morgan fingerprint density at radius 2 is 2.14 bits per heavy atom. The van der Waals surface area contributed by atoms with E-state index in [1.165, 1.54) is 0 Å². The SMILES string of the molecule is C[C@H](NC(=O)[C@H]1CC=CCC1)c1ncc(-c2ccccc2)[nH]1. The van der Waals surface area contributed by atoms with Gasteiger partial charge in [0, 0.05) is 5.92 Å². The van der Waals surface area contributed by atoms with Gasteiger partial charge in [0.1, 0.15) is 5.82 Å². The van der Waals surface area contributed by atoms with Gasteiger partial charge >= 0.3 is 0 Å². The molecule has 22 heavy (non-hydrogen) atoms. The molecule has 0 spiro atoms. The molecule has 4 heteroatoms. The van der Waals surface area contributed by atoms with Crippen molar-refractivity contribution in [3.05, 3.63) is 54.5 Å². The summed E-state index contributed by atoms with van der Waals surface area (Å²) in [5, 5.41) is 3.06. The predicted molar refractivity (Wildman–Crippen MR) is 87.1 cm³/mol. The van der Waals surface area contributed by atoms with Crippen LogP contribution in [0.15, 0.2) is 48.7 Å². The normalized spacial score (nSPS) is 18.9. The quantitative estimate of drug-likeness (QED) is 0.847. The van der Waals surface area contributed by atoms with Crippen LogP contribution in [0.25, 0.3) is 11.3 Å². The molecule has 0 radical (unpaired) electrons. The molecule has 1 aromatic heterocycles. The van der Waals surface area contributed by atoms with Crippen LogP contribution in [0, 0.1) is 5.92 Å². The largest absolute Gasteiger partial charge is 0.346 e. The van der Waals surface area contributed by atoms with E-state index < -0.39 is 0 Å². The molecule has 1 amide bonds. The number of imidazole rings is 1. The molecule has 0 aliphatic heterocycles. The average molecular weight is 295 g/mol. The van der Waals surface area contributed by atoms with Gasteiger partial charge in [0.05, 0.1) is 17.9 Å². The lowest BCUT2D eigenvalue weighted by Gasteiger charge is -2.19. The van der Waals surface area contributed by atoms with Gasteiger partial charge in [-0.1, -0.05) is 42.5 Å². The van der Waals surface area contributed by atoms with Crippen LogP contribution in [0.5, 0.6) is 0 Å². The minimum atomic E-state index is -0.115. The van der Waals surface area contributed by atoms with Crippen LogP contribution in [-0.4, -0.2) is 15.9 Å². The monoisotopic (exact) mass is 295 g/mol. The molecule has 1 aromatic carbocycles. The van der Waals surface area contributed by atoms with Gasteiger partial charge in [0.15, 0.2) is 0 Å². The number of hydrogen-bond donors (Lipinski definition) is 2. The maximum absolute atomic E-state index is 12.3. The first-order valence-corrected chi connectivity index (χ1v) is 7.79. The lowest BCUT2D eigenvalue weighted by molar-refractivity contribution is -0.125. The van der Waals surface area contributed by atoms with E-state index in [1.807, 2.05) is 43.5 Å². The molecule has 0 saturated heterocycles. The first-order chi connectivity index (χ1) is 10.7. The van der Waals surface area contributed by atoms with E-state index in [-0.39, 0.29) is 17.9 Å². The van der Waals surface area contributed by atoms with Gasteiger partial charge in [-0.3, -0.25) is 4.79 Å². The summed E-state index contributed by atoms with van der Waals surface area (Å²) in [6, 6.07) is 9.94. The standard InChI is InChI=1S/C18H21N3O/c1-13(20-18(22)15-10-6-3-7-11-15)17-19-12-16(21-17)14-8-4-2-5-9-14/h2-6,8-9,12-13,15H,7,10-11H2,1H3,(H,19,21)(H,20,22)/t13-,15-/m0/s1. The minimum absolute atomic E-state index is 0.0935. The summed E-state index contributed by atoms with van der Waals surface area (Å²) >= 11 is 0. The number of allylic oxidation sites excluding steroid dienone is 2. The first-order valence-electron chi connectivity index (χ1n) is 7.79. The second-order valence-corrected chi connectivity index (χ2v) is 5.76. The number of aromatic nitrogens is 2. The zero-order valence-corrected chi connectivity index (χ0v) is 12.8. The fourth-order valence-corrected chi connectivity index (χ4v) is 2.75. The highest BCUT2D eigenvalue weighted by Crippen LogP contribution is 2.21. The Morgan fingerprint density at radius 1 is 1.32 bits per heavy atom. The second-order valence-electron chi connectivity index (χ2n) is 5.76. The van der Waals surface area contributed by atoms with Crippen LogP contribution in [0.1, 0.15) is 38.1 Å². The average Bonchev–Trinajstić information content (AvgIpc) is 3.06. The third-order valence-corrected chi connectivity index (χ3v) is 4.09. The number of amides is 1. The number of benzene rings is 1. The van der Waals surface area contributed by atoms with Crippen molar-refractivity contribution in [2.75, 3.05) is 0 Å². The van der Waals surface area contributed by atoms with Crippen molar-refractivity contribution in [2.24, 2.45) is 5.92 Å². The molecule has 0 fully saturated rings. The van der Waals surface area contributed by atoms with Gasteiger partial charge in [0.2, 0.25) is 5.91 Å². The third-order valence-electron chi connectivity index (χ3n) is 4.09. The molecule has 0 bridgehead atoms. The Kier molecular flexibility index (Phi) is 4.37. The molecule has 0 unspecified atom stereocenters. The Bertz CT molecular complexity index is 660. The molecule has 4 nitrogen and oxygen atoms in total. The molecule has 1 heterocycles. The van der Waals surface area contributed by atoms with Crippen molar-refractivity contribution in [1.29, 1.82) is 0 Å². The highest BCUT2D eigenvalue weighted by Gasteiger charge is 2.21. The number of aromatic amines is 1. The summed E-state index contributed by atoms with van der Waals surface area (Å²) < 4.78 is 0. The Labute approximate surface area is 130 Å². The van der Waals surface area contributed by atoms with Crippen molar-refractivity contribution in [3.8, 4) is 11.3 Å². The Hall–Kier alpha value is -2.36. The van der Waals surface area contributed by atoms with Crippen LogP contribution in [0.3, 0.4) is 0 Å². The van der Waals surface area contributed by atoms with Crippen molar-refractivity contribution < 1.29 is 4.79 Å². The van der Waals surface area contributed by atoms with E-state index in [2.05, 4.69) is 27.4 Å². The number of carbonyl (C=O) groups excluding carboxylic acids is 1. The molecule has 2 atom stereocenters. The maximum Gasteiger partial charge on any atom is 0.224 e.